The van der Waals surface area contributed by atoms with Crippen LogP contribution in [0.3, 0.4) is 0 Å². The fourth-order valence-corrected chi connectivity index (χ4v) is 4.65. The van der Waals surface area contributed by atoms with Crippen LogP contribution in [-0.4, -0.2) is 73.3 Å². The molecule has 0 bridgehead atoms. The molecule has 2 heterocycles. The lowest BCUT2D eigenvalue weighted by atomic mass is 9.91. The SMILES string of the molecule is CS(=O)(=O)CCCCN1CCC(CCCCNC(=N)NC(=O)c2nc(Cl)c(N)nc2N)CC1. The van der Waals surface area contributed by atoms with Gasteiger partial charge in [0.05, 0.1) is 0 Å². The number of sulfone groups is 1. The average molecular weight is 503 g/mol. The molecular formula is C20H35ClN8O3S. The smallest absolute Gasteiger partial charge is 0.280 e. The van der Waals surface area contributed by atoms with Crippen LogP contribution in [0.2, 0.25) is 5.15 Å². The van der Waals surface area contributed by atoms with Gasteiger partial charge in [-0.1, -0.05) is 24.4 Å². The molecule has 2 rings (SSSR count). The molecule has 1 aliphatic rings. The van der Waals surface area contributed by atoms with E-state index in [4.69, 9.17) is 28.5 Å². The summed E-state index contributed by atoms with van der Waals surface area (Å²) in [6.07, 6.45) is 8.34. The Hall–Kier alpha value is -2.18. The van der Waals surface area contributed by atoms with E-state index in [1.807, 2.05) is 0 Å². The van der Waals surface area contributed by atoms with Gasteiger partial charge in [-0.25, -0.2) is 18.4 Å². The number of unbranched alkanes of at least 4 members (excludes halogenated alkanes) is 2. The summed E-state index contributed by atoms with van der Waals surface area (Å²) in [5.74, 6) is -0.0540. The first kappa shape index (κ1) is 27.1. The monoisotopic (exact) mass is 502 g/mol. The quantitative estimate of drug-likeness (QED) is 0.169. The molecule has 0 spiro atoms. The Balaban J connectivity index is 1.55. The number of hydrogen-bond acceptors (Lipinski definition) is 9. The highest BCUT2D eigenvalue weighted by Gasteiger charge is 2.19. The van der Waals surface area contributed by atoms with E-state index < -0.39 is 15.7 Å². The summed E-state index contributed by atoms with van der Waals surface area (Å²) >= 11 is 5.77. The highest BCUT2D eigenvalue weighted by atomic mass is 35.5. The van der Waals surface area contributed by atoms with E-state index in [-0.39, 0.29) is 34.2 Å². The number of likely N-dealkylation sites (tertiary alicyclic amines) is 1. The van der Waals surface area contributed by atoms with Crippen molar-refractivity contribution in [1.82, 2.24) is 25.5 Å². The molecule has 13 heteroatoms. The summed E-state index contributed by atoms with van der Waals surface area (Å²) in [5, 5.41) is 13.0. The molecular weight excluding hydrogens is 468 g/mol. The third-order valence-electron chi connectivity index (χ3n) is 5.65. The Morgan fingerprint density at radius 2 is 1.85 bits per heavy atom. The molecule has 33 heavy (non-hydrogen) atoms. The number of amides is 1. The molecule has 1 amide bonds. The number of carbonyl (C=O) groups excluding carboxylic acids is 1. The van der Waals surface area contributed by atoms with Gasteiger partial charge in [-0.15, -0.1) is 0 Å². The summed E-state index contributed by atoms with van der Waals surface area (Å²) in [7, 11) is -2.86. The van der Waals surface area contributed by atoms with Crippen LogP contribution in [0.1, 0.15) is 55.4 Å². The molecule has 186 valence electrons. The number of carbonyl (C=O) groups is 1. The summed E-state index contributed by atoms with van der Waals surface area (Å²) in [5.41, 5.74) is 11.0. The van der Waals surface area contributed by atoms with Crippen molar-refractivity contribution in [2.24, 2.45) is 5.92 Å². The third kappa shape index (κ3) is 10.1. The molecule has 1 fully saturated rings. The van der Waals surface area contributed by atoms with E-state index >= 15 is 0 Å². The van der Waals surface area contributed by atoms with Gasteiger partial charge in [0.25, 0.3) is 5.91 Å². The number of nitrogens with one attached hydrogen (secondary N) is 3. The molecule has 1 aromatic heterocycles. The lowest BCUT2D eigenvalue weighted by Crippen LogP contribution is -2.41. The van der Waals surface area contributed by atoms with E-state index in [1.165, 1.54) is 6.26 Å². The topological polar surface area (TPSA) is 180 Å². The van der Waals surface area contributed by atoms with Crippen LogP contribution in [0.25, 0.3) is 0 Å². The Morgan fingerprint density at radius 3 is 2.52 bits per heavy atom. The van der Waals surface area contributed by atoms with Gasteiger partial charge in [-0.2, -0.15) is 0 Å². The van der Waals surface area contributed by atoms with Crippen molar-refractivity contribution in [3.8, 4) is 0 Å². The van der Waals surface area contributed by atoms with Gasteiger partial charge in [-0.05, 0) is 57.7 Å². The lowest BCUT2D eigenvalue weighted by Gasteiger charge is -2.32. The highest BCUT2D eigenvalue weighted by molar-refractivity contribution is 7.90. The van der Waals surface area contributed by atoms with Crippen molar-refractivity contribution in [2.45, 2.75) is 44.9 Å². The Morgan fingerprint density at radius 1 is 1.15 bits per heavy atom. The Bertz CT molecular complexity index is 920. The zero-order valence-electron chi connectivity index (χ0n) is 19.1. The van der Waals surface area contributed by atoms with Crippen molar-refractivity contribution in [1.29, 1.82) is 5.41 Å². The summed E-state index contributed by atoms with van der Waals surface area (Å²) in [6, 6.07) is 0. The molecule has 0 atom stereocenters. The van der Waals surface area contributed by atoms with Crippen LogP contribution in [0.5, 0.6) is 0 Å². The van der Waals surface area contributed by atoms with Crippen molar-refractivity contribution in [3.63, 3.8) is 0 Å². The number of nitrogens with zero attached hydrogens (tertiary/aromatic N) is 3. The number of hydrogen-bond donors (Lipinski definition) is 5. The molecule has 1 saturated heterocycles. The minimum Gasteiger partial charge on any atom is -0.382 e. The number of nitrogen functional groups attached to an aromatic ring is 2. The fraction of sp³-hybridized carbons (Fsp3) is 0.700. The van der Waals surface area contributed by atoms with E-state index in [9.17, 15) is 13.2 Å². The van der Waals surface area contributed by atoms with Gasteiger partial charge in [-0.3, -0.25) is 15.5 Å². The van der Waals surface area contributed by atoms with Gasteiger partial charge in [0.2, 0.25) is 0 Å². The van der Waals surface area contributed by atoms with Crippen molar-refractivity contribution in [2.75, 3.05) is 49.7 Å². The molecule has 0 saturated carbocycles. The second kappa shape index (κ2) is 12.9. The van der Waals surface area contributed by atoms with Crippen LogP contribution >= 0.6 is 11.6 Å². The fourth-order valence-electron chi connectivity index (χ4n) is 3.80. The minimum absolute atomic E-state index is 0.0609. The first-order valence-corrected chi connectivity index (χ1v) is 13.6. The van der Waals surface area contributed by atoms with E-state index in [1.54, 1.807) is 0 Å². The average Bonchev–Trinajstić information content (AvgIpc) is 2.73. The van der Waals surface area contributed by atoms with Crippen LogP contribution in [-0.2, 0) is 9.84 Å². The molecule has 0 aromatic carbocycles. The van der Waals surface area contributed by atoms with E-state index in [0.29, 0.717) is 12.5 Å². The lowest BCUT2D eigenvalue weighted by molar-refractivity contribution is 0.0971. The number of piperidine rings is 1. The van der Waals surface area contributed by atoms with Gasteiger partial charge in [0.15, 0.2) is 28.4 Å². The van der Waals surface area contributed by atoms with Gasteiger partial charge >= 0.3 is 0 Å². The number of anilines is 2. The minimum atomic E-state index is -2.86. The number of aromatic nitrogens is 2. The highest BCUT2D eigenvalue weighted by Crippen LogP contribution is 2.22. The van der Waals surface area contributed by atoms with Gasteiger partial charge in [0, 0.05) is 18.6 Å². The zero-order chi connectivity index (χ0) is 24.4. The molecule has 1 aliphatic heterocycles. The second-order valence-electron chi connectivity index (χ2n) is 8.51. The van der Waals surface area contributed by atoms with Gasteiger partial charge in [0.1, 0.15) is 9.84 Å². The van der Waals surface area contributed by atoms with Crippen molar-refractivity contribution in [3.05, 3.63) is 10.8 Å². The maximum Gasteiger partial charge on any atom is 0.280 e. The predicted octanol–water partition coefficient (Wildman–Crippen LogP) is 1.26. The van der Waals surface area contributed by atoms with Crippen LogP contribution in [0.4, 0.5) is 11.6 Å². The van der Waals surface area contributed by atoms with Crippen LogP contribution < -0.4 is 22.1 Å². The summed E-state index contributed by atoms with van der Waals surface area (Å²) < 4.78 is 22.4. The molecule has 0 unspecified atom stereocenters. The number of guanidine groups is 1. The van der Waals surface area contributed by atoms with Gasteiger partial charge < -0.3 is 21.7 Å². The second-order valence-corrected chi connectivity index (χ2v) is 11.1. The molecule has 0 aliphatic carbocycles. The summed E-state index contributed by atoms with van der Waals surface area (Å²) in [6.45, 7) is 3.68. The Kier molecular flexibility index (Phi) is 10.6. The number of rotatable bonds is 11. The summed E-state index contributed by atoms with van der Waals surface area (Å²) in [4.78, 5) is 22.2. The first-order chi connectivity index (χ1) is 15.5. The first-order valence-electron chi connectivity index (χ1n) is 11.2. The van der Waals surface area contributed by atoms with Crippen molar-refractivity contribution < 1.29 is 13.2 Å². The predicted molar refractivity (Wildman–Crippen MR) is 131 cm³/mol. The normalized spacial score (nSPS) is 15.3. The van der Waals surface area contributed by atoms with Crippen molar-refractivity contribution >= 4 is 44.9 Å². The maximum atomic E-state index is 12.2. The molecule has 11 nitrogen and oxygen atoms in total. The van der Waals surface area contributed by atoms with Crippen LogP contribution in [0, 0.1) is 11.3 Å². The maximum absolute atomic E-state index is 12.2. The zero-order valence-corrected chi connectivity index (χ0v) is 20.6. The number of halogens is 1. The van der Waals surface area contributed by atoms with E-state index in [2.05, 4.69) is 25.5 Å². The third-order valence-corrected chi connectivity index (χ3v) is 6.95. The standard InChI is InChI=1S/C20H35ClN8O3S/c1-33(31,32)13-5-4-10-29-11-7-14(8-12-29)6-2-3-9-25-20(24)28-19(30)15-17(22)27-18(23)16(21)26-15/h14H,2-13H2,1H3,(H4,22,23,27)(H3,24,25,28,30). The molecule has 7 N–H and O–H groups in total. The largest absolute Gasteiger partial charge is 0.382 e. The van der Waals surface area contributed by atoms with Crippen LogP contribution in [0.15, 0.2) is 0 Å². The Labute approximate surface area is 200 Å². The number of nitrogens with two attached hydrogens (primary N) is 2. The van der Waals surface area contributed by atoms with E-state index in [0.717, 1.165) is 64.6 Å². The molecule has 1 aromatic rings. The molecule has 0 radical (unpaired) electrons.